The molecule has 1 unspecified atom stereocenters. The fraction of sp³-hybridized carbons (Fsp3) is 0.478. The topological polar surface area (TPSA) is 40.6 Å². The molecule has 1 aliphatic rings. The number of amides is 2. The van der Waals surface area contributed by atoms with Crippen molar-refractivity contribution in [3.05, 3.63) is 55.7 Å². The van der Waals surface area contributed by atoms with Crippen LogP contribution in [0.3, 0.4) is 0 Å². The Morgan fingerprint density at radius 3 is 2.67 bits per heavy atom. The number of thiophene rings is 1. The number of nitrogens with zero attached hydrogens (tertiary/aromatic N) is 2. The van der Waals surface area contributed by atoms with E-state index in [1.807, 2.05) is 24.0 Å². The van der Waals surface area contributed by atoms with E-state index in [-0.39, 0.29) is 24.4 Å². The molecule has 0 bridgehead atoms. The molecule has 0 aliphatic carbocycles. The molecule has 1 atom stereocenters. The normalized spacial score (nSPS) is 15.9. The summed E-state index contributed by atoms with van der Waals surface area (Å²) in [5.74, 6) is 0.433. The molecular weight excluding hydrogens is 439 g/mol. The highest BCUT2D eigenvalue weighted by molar-refractivity contribution is 7.10. The van der Waals surface area contributed by atoms with Crippen LogP contribution in [0.15, 0.2) is 29.6 Å². The fourth-order valence-electron chi connectivity index (χ4n) is 3.83. The number of rotatable bonds is 7. The van der Waals surface area contributed by atoms with E-state index in [0.29, 0.717) is 35.5 Å². The Morgan fingerprint density at radius 1 is 1.23 bits per heavy atom. The Balaban J connectivity index is 1.90. The summed E-state index contributed by atoms with van der Waals surface area (Å²) in [4.78, 5) is 30.7. The van der Waals surface area contributed by atoms with E-state index >= 15 is 0 Å². The predicted octanol–water partition coefficient (Wildman–Crippen LogP) is 5.81. The van der Waals surface area contributed by atoms with Gasteiger partial charge in [0.25, 0.3) is 0 Å². The predicted molar refractivity (Wildman–Crippen MR) is 124 cm³/mol. The van der Waals surface area contributed by atoms with Gasteiger partial charge in [0, 0.05) is 34.4 Å². The van der Waals surface area contributed by atoms with Crippen LogP contribution < -0.4 is 0 Å². The van der Waals surface area contributed by atoms with Crippen LogP contribution in [0.2, 0.25) is 10.0 Å². The SMILES string of the molecule is CCC(=O)N(CCC(C)C)CC(=O)N1CCc2sccc2C1c1ccc(Cl)cc1Cl. The first-order chi connectivity index (χ1) is 14.3. The molecule has 0 spiro atoms. The maximum atomic E-state index is 13.4. The van der Waals surface area contributed by atoms with Crippen molar-refractivity contribution in [2.45, 2.75) is 46.1 Å². The van der Waals surface area contributed by atoms with Gasteiger partial charge in [-0.15, -0.1) is 11.3 Å². The van der Waals surface area contributed by atoms with E-state index in [0.717, 1.165) is 24.0 Å². The molecule has 0 N–H and O–H groups in total. The van der Waals surface area contributed by atoms with Gasteiger partial charge in [0.2, 0.25) is 11.8 Å². The van der Waals surface area contributed by atoms with Gasteiger partial charge in [0.15, 0.2) is 0 Å². The van der Waals surface area contributed by atoms with Gasteiger partial charge in [-0.3, -0.25) is 9.59 Å². The Morgan fingerprint density at radius 2 is 2.00 bits per heavy atom. The molecule has 0 saturated carbocycles. The van der Waals surface area contributed by atoms with Crippen molar-refractivity contribution in [3.63, 3.8) is 0 Å². The fourth-order valence-corrected chi connectivity index (χ4v) is 5.24. The second kappa shape index (κ2) is 10.2. The first kappa shape index (κ1) is 23.1. The summed E-state index contributed by atoms with van der Waals surface area (Å²) in [6, 6.07) is 7.23. The molecule has 2 aromatic rings. The molecule has 0 radical (unpaired) electrons. The number of carbonyl (C=O) groups is 2. The third-order valence-electron chi connectivity index (χ3n) is 5.50. The van der Waals surface area contributed by atoms with Gasteiger partial charge in [-0.2, -0.15) is 0 Å². The lowest BCUT2D eigenvalue weighted by Crippen LogP contribution is -2.47. The maximum absolute atomic E-state index is 13.4. The van der Waals surface area contributed by atoms with Crippen molar-refractivity contribution in [2.24, 2.45) is 5.92 Å². The highest BCUT2D eigenvalue weighted by Crippen LogP contribution is 2.41. The van der Waals surface area contributed by atoms with Gasteiger partial charge in [-0.05, 0) is 53.5 Å². The van der Waals surface area contributed by atoms with Crippen LogP contribution >= 0.6 is 34.5 Å². The quantitative estimate of drug-likeness (QED) is 0.515. The zero-order chi connectivity index (χ0) is 21.8. The van der Waals surface area contributed by atoms with Gasteiger partial charge in [-0.25, -0.2) is 0 Å². The second-order valence-electron chi connectivity index (χ2n) is 8.06. The van der Waals surface area contributed by atoms with Crippen molar-refractivity contribution >= 4 is 46.4 Å². The molecule has 4 nitrogen and oxygen atoms in total. The average Bonchev–Trinajstić information content (AvgIpc) is 3.18. The molecule has 162 valence electrons. The number of benzene rings is 1. The lowest BCUT2D eigenvalue weighted by Gasteiger charge is -2.38. The number of fused-ring (bicyclic) bond motifs is 1. The summed E-state index contributed by atoms with van der Waals surface area (Å²) in [5.41, 5.74) is 1.98. The monoisotopic (exact) mass is 466 g/mol. The van der Waals surface area contributed by atoms with Crippen LogP contribution in [0, 0.1) is 5.92 Å². The lowest BCUT2D eigenvalue weighted by molar-refractivity contribution is -0.141. The highest BCUT2D eigenvalue weighted by Gasteiger charge is 2.34. The van der Waals surface area contributed by atoms with E-state index in [4.69, 9.17) is 23.2 Å². The summed E-state index contributed by atoms with van der Waals surface area (Å²) in [5, 5.41) is 3.17. The first-order valence-electron chi connectivity index (χ1n) is 10.4. The molecule has 3 rings (SSSR count). The summed E-state index contributed by atoms with van der Waals surface area (Å²) in [6.45, 7) is 7.38. The highest BCUT2D eigenvalue weighted by atomic mass is 35.5. The van der Waals surface area contributed by atoms with Gasteiger partial charge >= 0.3 is 0 Å². The van der Waals surface area contributed by atoms with Crippen LogP contribution in [-0.4, -0.2) is 41.2 Å². The summed E-state index contributed by atoms with van der Waals surface area (Å²) in [7, 11) is 0. The van der Waals surface area contributed by atoms with E-state index in [9.17, 15) is 9.59 Å². The van der Waals surface area contributed by atoms with Crippen LogP contribution in [0.25, 0.3) is 0 Å². The number of hydrogen-bond acceptors (Lipinski definition) is 3. The maximum Gasteiger partial charge on any atom is 0.242 e. The van der Waals surface area contributed by atoms with Gasteiger partial charge in [0.05, 0.1) is 12.6 Å². The molecule has 0 saturated heterocycles. The first-order valence-corrected chi connectivity index (χ1v) is 12.0. The molecule has 0 fully saturated rings. The molecule has 2 heterocycles. The molecule has 1 aromatic heterocycles. The van der Waals surface area contributed by atoms with Crippen LogP contribution in [0.5, 0.6) is 0 Å². The van der Waals surface area contributed by atoms with Crippen molar-refractivity contribution in [2.75, 3.05) is 19.6 Å². The molecule has 2 amide bonds. The third-order valence-corrected chi connectivity index (χ3v) is 7.06. The zero-order valence-electron chi connectivity index (χ0n) is 17.7. The zero-order valence-corrected chi connectivity index (χ0v) is 20.0. The molecular formula is C23H28Cl2N2O2S. The summed E-state index contributed by atoms with van der Waals surface area (Å²) < 4.78 is 0. The minimum atomic E-state index is -0.263. The third kappa shape index (κ3) is 5.19. The Hall–Kier alpha value is -1.56. The minimum Gasteiger partial charge on any atom is -0.333 e. The molecule has 30 heavy (non-hydrogen) atoms. The van der Waals surface area contributed by atoms with E-state index in [1.165, 1.54) is 4.88 Å². The van der Waals surface area contributed by atoms with Crippen molar-refractivity contribution in [3.8, 4) is 0 Å². The Bertz CT molecular complexity index is 912. The second-order valence-corrected chi connectivity index (χ2v) is 9.90. The van der Waals surface area contributed by atoms with Crippen molar-refractivity contribution in [1.29, 1.82) is 0 Å². The molecule has 1 aliphatic heterocycles. The smallest absolute Gasteiger partial charge is 0.242 e. The van der Waals surface area contributed by atoms with Gasteiger partial charge < -0.3 is 9.80 Å². The van der Waals surface area contributed by atoms with Crippen molar-refractivity contribution in [1.82, 2.24) is 9.80 Å². The number of hydrogen-bond donors (Lipinski definition) is 0. The van der Waals surface area contributed by atoms with E-state index < -0.39 is 0 Å². The summed E-state index contributed by atoms with van der Waals surface area (Å²) >= 11 is 14.4. The van der Waals surface area contributed by atoms with Gasteiger partial charge in [-0.1, -0.05) is 50.0 Å². The van der Waals surface area contributed by atoms with E-state index in [1.54, 1.807) is 22.3 Å². The lowest BCUT2D eigenvalue weighted by atomic mass is 9.93. The van der Waals surface area contributed by atoms with Gasteiger partial charge in [0.1, 0.15) is 0 Å². The largest absolute Gasteiger partial charge is 0.333 e. The summed E-state index contributed by atoms with van der Waals surface area (Å²) in [6.07, 6.45) is 2.08. The minimum absolute atomic E-state index is 0.0123. The number of carbonyl (C=O) groups excluding carboxylic acids is 2. The average molecular weight is 467 g/mol. The Labute approximate surface area is 192 Å². The van der Waals surface area contributed by atoms with Crippen LogP contribution in [-0.2, 0) is 16.0 Å². The van der Waals surface area contributed by atoms with Crippen molar-refractivity contribution < 1.29 is 9.59 Å². The standard InChI is InChI=1S/C23H28Cl2N2O2S/c1-4-21(28)26(10-7-15(2)3)14-22(29)27-11-8-20-18(9-12-30-20)23(27)17-6-5-16(24)13-19(17)25/h5-6,9,12-13,15,23H,4,7-8,10-11,14H2,1-3H3. The van der Waals surface area contributed by atoms with Crippen LogP contribution in [0.4, 0.5) is 0 Å². The van der Waals surface area contributed by atoms with E-state index in [2.05, 4.69) is 25.3 Å². The molecule has 1 aromatic carbocycles. The Kier molecular flexibility index (Phi) is 7.83. The number of halogens is 2. The molecule has 7 heteroatoms. The van der Waals surface area contributed by atoms with Crippen LogP contribution in [0.1, 0.15) is 55.7 Å².